The minimum absolute atomic E-state index is 0.201. The fourth-order valence-electron chi connectivity index (χ4n) is 3.57. The summed E-state index contributed by atoms with van der Waals surface area (Å²) >= 11 is 1.61. The Morgan fingerprint density at radius 2 is 1.74 bits per heavy atom. The van der Waals surface area contributed by atoms with Gasteiger partial charge >= 0.3 is 5.69 Å². The Bertz CT molecular complexity index is 1400. The molecule has 0 aliphatic rings. The molecule has 0 bridgehead atoms. The lowest BCUT2D eigenvalue weighted by atomic mass is 10.1. The summed E-state index contributed by atoms with van der Waals surface area (Å²) in [6.07, 6.45) is 4.90. The van der Waals surface area contributed by atoms with E-state index in [9.17, 15) is 9.59 Å². The van der Waals surface area contributed by atoms with E-state index in [1.807, 2.05) is 19.1 Å². The largest absolute Gasteiger partial charge is 0.493 e. The van der Waals surface area contributed by atoms with Crippen LogP contribution < -0.4 is 19.9 Å². The lowest BCUT2D eigenvalue weighted by Gasteiger charge is -2.12. The number of aryl methyl sites for hydroxylation is 1. The minimum Gasteiger partial charge on any atom is -0.493 e. The van der Waals surface area contributed by atoms with Gasteiger partial charge in [-0.3, -0.25) is 9.36 Å². The summed E-state index contributed by atoms with van der Waals surface area (Å²) in [6.45, 7) is 2.02. The average molecular weight is 477 g/mol. The van der Waals surface area contributed by atoms with Crippen LogP contribution in [0.2, 0.25) is 0 Å². The molecule has 0 spiro atoms. The molecule has 34 heavy (non-hydrogen) atoms. The molecular weight excluding hydrogens is 452 g/mol. The normalized spacial score (nSPS) is 11.1. The summed E-state index contributed by atoms with van der Waals surface area (Å²) in [7, 11) is 4.61. The molecular formula is C26H24N2O5S. The van der Waals surface area contributed by atoms with Crippen molar-refractivity contribution in [2.75, 3.05) is 21.3 Å². The molecule has 0 atom stereocenters. The van der Waals surface area contributed by atoms with Crippen LogP contribution in [0.4, 0.5) is 0 Å². The smallest absolute Gasteiger partial charge is 0.330 e. The highest BCUT2D eigenvalue weighted by Crippen LogP contribution is 2.38. The van der Waals surface area contributed by atoms with Crippen molar-refractivity contribution < 1.29 is 19.0 Å². The van der Waals surface area contributed by atoms with Gasteiger partial charge in [0, 0.05) is 16.6 Å². The number of H-pyrrole nitrogens is 1. The molecule has 0 unspecified atom stereocenters. The van der Waals surface area contributed by atoms with Gasteiger partial charge in [-0.1, -0.05) is 18.2 Å². The minimum atomic E-state index is -0.265. The summed E-state index contributed by atoms with van der Waals surface area (Å²) in [4.78, 5) is 30.5. The first-order valence-corrected chi connectivity index (χ1v) is 11.3. The molecule has 2 aromatic carbocycles. The summed E-state index contributed by atoms with van der Waals surface area (Å²) in [5.41, 5.74) is 2.26. The number of allylic oxidation sites excluding steroid dienone is 1. The second-order valence-corrected chi connectivity index (χ2v) is 8.75. The molecule has 174 valence electrons. The number of nitrogens with zero attached hydrogens (tertiary/aromatic N) is 1. The van der Waals surface area contributed by atoms with Gasteiger partial charge in [-0.25, -0.2) is 4.79 Å². The lowest BCUT2D eigenvalue weighted by Crippen LogP contribution is -2.14. The van der Waals surface area contributed by atoms with Crippen LogP contribution in [0, 0.1) is 6.92 Å². The Labute approximate surface area is 200 Å². The molecule has 0 amide bonds. The fraction of sp³-hybridized carbons (Fsp3) is 0.154. The Kier molecular flexibility index (Phi) is 6.70. The van der Waals surface area contributed by atoms with E-state index in [2.05, 4.69) is 4.98 Å². The molecule has 0 aliphatic carbocycles. The van der Waals surface area contributed by atoms with Crippen LogP contribution in [-0.2, 0) is 0 Å². The third kappa shape index (κ3) is 4.67. The van der Waals surface area contributed by atoms with Crippen LogP contribution in [0.25, 0.3) is 22.3 Å². The van der Waals surface area contributed by atoms with Crippen molar-refractivity contribution in [2.24, 2.45) is 0 Å². The number of nitrogens with one attached hydrogen (secondary N) is 1. The molecule has 0 fully saturated rings. The molecule has 4 aromatic rings. The zero-order chi connectivity index (χ0) is 24.2. The van der Waals surface area contributed by atoms with Gasteiger partial charge in [0.2, 0.25) is 5.75 Å². The van der Waals surface area contributed by atoms with Crippen molar-refractivity contribution in [3.05, 3.63) is 87.3 Å². The van der Waals surface area contributed by atoms with E-state index in [1.165, 1.54) is 32.0 Å². The third-order valence-corrected chi connectivity index (χ3v) is 6.28. The first kappa shape index (κ1) is 23.1. The summed E-state index contributed by atoms with van der Waals surface area (Å²) in [5.74, 6) is 1.28. The molecule has 4 rings (SSSR count). The SMILES string of the molecule is COc1cc(C=CC(=O)c2cccc(-n3cc(-c4ccc(C)s4)[nH]c3=O)c2)cc(OC)c1OC. The molecule has 0 radical (unpaired) electrons. The number of aromatic amines is 1. The van der Waals surface area contributed by atoms with Gasteiger partial charge in [0.05, 0.1) is 37.6 Å². The molecule has 0 saturated carbocycles. The number of imidazole rings is 1. The van der Waals surface area contributed by atoms with E-state index < -0.39 is 0 Å². The van der Waals surface area contributed by atoms with Crippen molar-refractivity contribution >= 4 is 23.2 Å². The number of methoxy groups -OCH3 is 3. The molecule has 7 nitrogen and oxygen atoms in total. The molecule has 0 saturated heterocycles. The second kappa shape index (κ2) is 9.84. The lowest BCUT2D eigenvalue weighted by molar-refractivity contribution is 0.104. The monoisotopic (exact) mass is 476 g/mol. The van der Waals surface area contributed by atoms with Gasteiger partial charge in [-0.15, -0.1) is 11.3 Å². The van der Waals surface area contributed by atoms with Gasteiger partial charge in [0.1, 0.15) is 0 Å². The highest BCUT2D eigenvalue weighted by Gasteiger charge is 2.13. The fourth-order valence-corrected chi connectivity index (χ4v) is 4.40. The van der Waals surface area contributed by atoms with Gasteiger partial charge < -0.3 is 19.2 Å². The van der Waals surface area contributed by atoms with Gasteiger partial charge in [0.15, 0.2) is 17.3 Å². The van der Waals surface area contributed by atoms with Crippen molar-refractivity contribution in [1.29, 1.82) is 0 Å². The van der Waals surface area contributed by atoms with Gasteiger partial charge in [0.25, 0.3) is 0 Å². The van der Waals surface area contributed by atoms with Crippen LogP contribution >= 0.6 is 11.3 Å². The van der Waals surface area contributed by atoms with Gasteiger partial charge in [-0.2, -0.15) is 0 Å². The van der Waals surface area contributed by atoms with Crippen LogP contribution in [0.1, 0.15) is 20.8 Å². The highest BCUT2D eigenvalue weighted by molar-refractivity contribution is 7.15. The second-order valence-electron chi connectivity index (χ2n) is 7.46. The first-order valence-electron chi connectivity index (χ1n) is 10.4. The number of carbonyl (C=O) groups is 1. The Morgan fingerprint density at radius 3 is 2.35 bits per heavy atom. The highest BCUT2D eigenvalue weighted by atomic mass is 32.1. The number of ketones is 1. The Balaban J connectivity index is 1.60. The van der Waals surface area contributed by atoms with Crippen LogP contribution in [-0.4, -0.2) is 36.7 Å². The predicted octanol–water partition coefficient (Wildman–Crippen LogP) is 5.12. The number of carbonyl (C=O) groups excluding carboxylic acids is 1. The molecule has 8 heteroatoms. The predicted molar refractivity (Wildman–Crippen MR) is 134 cm³/mol. The number of hydrogen-bond acceptors (Lipinski definition) is 6. The standard InChI is InChI=1S/C26H24N2O5S/c1-16-8-11-24(34-16)20-15-28(26(30)27-20)19-7-5-6-18(14-19)21(29)10-9-17-12-22(31-2)25(33-4)23(13-17)32-3/h5-15H,1-4H3,(H,27,30). The summed E-state index contributed by atoms with van der Waals surface area (Å²) in [6, 6.07) is 14.5. The van der Waals surface area contributed by atoms with Crippen LogP contribution in [0.3, 0.4) is 0 Å². The topological polar surface area (TPSA) is 82.6 Å². The number of ether oxygens (including phenoxy) is 3. The van der Waals surface area contributed by atoms with E-state index in [4.69, 9.17) is 14.2 Å². The van der Waals surface area contributed by atoms with Crippen molar-refractivity contribution in [3.8, 4) is 33.5 Å². The van der Waals surface area contributed by atoms with Crippen molar-refractivity contribution in [3.63, 3.8) is 0 Å². The van der Waals surface area contributed by atoms with E-state index in [1.54, 1.807) is 60.0 Å². The van der Waals surface area contributed by atoms with Gasteiger partial charge in [-0.05, 0) is 55.0 Å². The summed E-state index contributed by atoms with van der Waals surface area (Å²) in [5, 5.41) is 0. The Morgan fingerprint density at radius 1 is 1.00 bits per heavy atom. The number of benzene rings is 2. The van der Waals surface area contributed by atoms with Crippen molar-refractivity contribution in [2.45, 2.75) is 6.92 Å². The van der Waals surface area contributed by atoms with E-state index in [0.29, 0.717) is 28.5 Å². The Hall–Kier alpha value is -4.04. The third-order valence-electron chi connectivity index (χ3n) is 5.25. The quantitative estimate of drug-likeness (QED) is 0.282. The zero-order valence-electron chi connectivity index (χ0n) is 19.2. The maximum absolute atomic E-state index is 12.9. The van der Waals surface area contributed by atoms with E-state index in [-0.39, 0.29) is 11.5 Å². The molecule has 0 aliphatic heterocycles. The number of hydrogen-bond donors (Lipinski definition) is 1. The first-order chi connectivity index (χ1) is 16.4. The molecule has 2 aromatic heterocycles. The van der Waals surface area contributed by atoms with E-state index >= 15 is 0 Å². The van der Waals surface area contributed by atoms with Crippen LogP contribution in [0.15, 0.2) is 65.6 Å². The number of rotatable bonds is 8. The zero-order valence-corrected chi connectivity index (χ0v) is 20.1. The average Bonchev–Trinajstić information content (AvgIpc) is 3.47. The maximum atomic E-state index is 12.9. The molecule has 1 N–H and O–H groups in total. The number of aromatic nitrogens is 2. The maximum Gasteiger partial charge on any atom is 0.330 e. The number of thiophene rings is 1. The van der Waals surface area contributed by atoms with Crippen molar-refractivity contribution in [1.82, 2.24) is 9.55 Å². The summed E-state index contributed by atoms with van der Waals surface area (Å²) < 4.78 is 17.6. The van der Waals surface area contributed by atoms with Crippen LogP contribution in [0.5, 0.6) is 17.2 Å². The van der Waals surface area contributed by atoms with E-state index in [0.717, 1.165) is 21.0 Å². The molecule has 2 heterocycles.